The van der Waals surface area contributed by atoms with Gasteiger partial charge >= 0.3 is 0 Å². The lowest BCUT2D eigenvalue weighted by Crippen LogP contribution is -1.91. The summed E-state index contributed by atoms with van der Waals surface area (Å²) in [5.74, 6) is -0.290. The number of fused-ring (bicyclic) bond motifs is 3. The van der Waals surface area contributed by atoms with Gasteiger partial charge < -0.3 is 4.42 Å². The van der Waals surface area contributed by atoms with E-state index >= 15 is 0 Å². The van der Waals surface area contributed by atoms with E-state index in [2.05, 4.69) is 0 Å². The van der Waals surface area contributed by atoms with Crippen LogP contribution < -0.4 is 0 Å². The van der Waals surface area contributed by atoms with Gasteiger partial charge in [-0.1, -0.05) is 169 Å². The molecule has 0 aliphatic carbocycles. The van der Waals surface area contributed by atoms with Crippen molar-refractivity contribution in [2.75, 3.05) is 0 Å². The van der Waals surface area contributed by atoms with E-state index < -0.39 is 149 Å². The summed E-state index contributed by atoms with van der Waals surface area (Å²) < 4.78 is 193. The zero-order valence-corrected chi connectivity index (χ0v) is 24.1. The molecule has 0 saturated heterocycles. The lowest BCUT2D eigenvalue weighted by Gasteiger charge is -2.18. The summed E-state index contributed by atoms with van der Waals surface area (Å²) in [6.07, 6.45) is 0. The minimum absolute atomic E-state index is 0.0104. The van der Waals surface area contributed by atoms with Gasteiger partial charge in [0.1, 0.15) is 11.3 Å². The minimum Gasteiger partial charge on any atom is -0.455 e. The number of hydrogen-bond acceptors (Lipinski definition) is 1. The first-order valence-electron chi connectivity index (χ1n) is 24.9. The predicted molar refractivity (Wildman–Crippen MR) is 198 cm³/mol. The van der Waals surface area contributed by atoms with Crippen LogP contribution in [0.3, 0.4) is 0 Å². The monoisotopic (exact) mass is 619 g/mol. The molecule has 1 heteroatoms. The molecule has 0 saturated carbocycles. The van der Waals surface area contributed by atoms with Crippen LogP contribution in [-0.4, -0.2) is 0 Å². The number of benzene rings is 8. The highest BCUT2D eigenvalue weighted by Crippen LogP contribution is 2.50. The Hall–Kier alpha value is -6.18. The standard InChI is InChI=1S/C46H30O/c1-4-14-31(15-5-1)33-24-26-35(27-25-33)46-45(41-30-36(28-29-42(41)47-46)32-16-6-2-7-17-32)44-39-22-12-10-20-37(39)43(34-18-8-3-9-19-34)38-21-11-13-23-40(38)44/h1-30H/i1D,2D,4D,5D,6D,7D,10D,11D,12D,13D,14D,15D,16D,17D,20D,21D,22D,23D,28D,29D,30D. The fourth-order valence-corrected chi connectivity index (χ4v) is 5.81. The normalized spacial score (nSPS) is 17.7. The van der Waals surface area contributed by atoms with Gasteiger partial charge in [0.05, 0.1) is 28.8 Å². The molecule has 9 rings (SSSR count). The van der Waals surface area contributed by atoms with Crippen molar-refractivity contribution >= 4 is 32.5 Å². The Balaban J connectivity index is 1.57. The molecular formula is C46H30O. The zero-order valence-electron chi connectivity index (χ0n) is 45.1. The summed E-state index contributed by atoms with van der Waals surface area (Å²) in [5.41, 5.74) is -1.96. The Morgan fingerprint density at radius 1 is 0.340 bits per heavy atom. The first-order valence-corrected chi connectivity index (χ1v) is 14.4. The second-order valence-corrected chi connectivity index (χ2v) is 10.5. The Morgan fingerprint density at radius 3 is 1.45 bits per heavy atom. The first kappa shape index (κ1) is 13.3. The molecule has 1 heterocycles. The molecule has 0 spiro atoms. The van der Waals surface area contributed by atoms with Crippen LogP contribution in [0.4, 0.5) is 0 Å². The van der Waals surface area contributed by atoms with Crippen LogP contribution in [0.1, 0.15) is 28.8 Å². The minimum atomic E-state index is -0.809. The Kier molecular flexibility index (Phi) is 3.20. The maximum absolute atomic E-state index is 9.86. The quantitative estimate of drug-likeness (QED) is 0.175. The van der Waals surface area contributed by atoms with Crippen LogP contribution >= 0.6 is 0 Å². The molecule has 220 valence electrons. The summed E-state index contributed by atoms with van der Waals surface area (Å²) in [7, 11) is 0. The fraction of sp³-hybridized carbons (Fsp3) is 0. The summed E-state index contributed by atoms with van der Waals surface area (Å²) >= 11 is 0. The van der Waals surface area contributed by atoms with Crippen molar-refractivity contribution in [2.24, 2.45) is 0 Å². The molecular weight excluding hydrogens is 569 g/mol. The molecule has 0 fully saturated rings. The molecule has 9 aromatic rings. The average Bonchev–Trinajstić information content (AvgIpc) is 3.74. The van der Waals surface area contributed by atoms with E-state index in [1.807, 2.05) is 0 Å². The third kappa shape index (κ3) is 4.64. The maximum atomic E-state index is 9.86. The van der Waals surface area contributed by atoms with E-state index in [4.69, 9.17) is 23.6 Å². The molecule has 47 heavy (non-hydrogen) atoms. The average molecular weight is 620 g/mol. The molecule has 1 nitrogen and oxygen atoms in total. The molecule has 0 radical (unpaired) electrons. The lowest BCUT2D eigenvalue weighted by atomic mass is 9.84. The topological polar surface area (TPSA) is 13.1 Å². The van der Waals surface area contributed by atoms with E-state index in [-0.39, 0.29) is 60.7 Å². The van der Waals surface area contributed by atoms with Gasteiger partial charge in [0.15, 0.2) is 0 Å². The Bertz CT molecular complexity index is 3590. The van der Waals surface area contributed by atoms with Gasteiger partial charge in [0, 0.05) is 22.1 Å². The molecule has 0 aliphatic heterocycles. The van der Waals surface area contributed by atoms with Crippen molar-refractivity contribution in [3.8, 4) is 55.8 Å². The highest BCUT2D eigenvalue weighted by molar-refractivity contribution is 6.25. The van der Waals surface area contributed by atoms with Crippen molar-refractivity contribution in [3.05, 3.63) is 181 Å². The van der Waals surface area contributed by atoms with Crippen LogP contribution in [0.5, 0.6) is 0 Å². The third-order valence-corrected chi connectivity index (χ3v) is 7.83. The van der Waals surface area contributed by atoms with E-state index in [0.29, 0.717) is 5.56 Å². The van der Waals surface area contributed by atoms with Crippen LogP contribution in [0, 0.1) is 0 Å². The van der Waals surface area contributed by atoms with Crippen LogP contribution in [0.25, 0.3) is 88.3 Å². The second kappa shape index (κ2) is 11.3. The smallest absolute Gasteiger partial charge is 0.143 e. The highest BCUT2D eigenvalue weighted by atomic mass is 16.3. The zero-order chi connectivity index (χ0) is 49.4. The van der Waals surface area contributed by atoms with Crippen molar-refractivity contribution in [2.45, 2.75) is 0 Å². The van der Waals surface area contributed by atoms with Crippen LogP contribution in [0.2, 0.25) is 0 Å². The van der Waals surface area contributed by atoms with E-state index in [0.717, 1.165) is 0 Å². The van der Waals surface area contributed by atoms with Crippen molar-refractivity contribution in [1.29, 1.82) is 0 Å². The molecule has 0 amide bonds. The molecule has 0 atom stereocenters. The van der Waals surface area contributed by atoms with Gasteiger partial charge in [-0.05, 0) is 67.0 Å². The van der Waals surface area contributed by atoms with Gasteiger partial charge in [0.2, 0.25) is 0 Å². The number of hydrogen-bond donors (Lipinski definition) is 0. The summed E-state index contributed by atoms with van der Waals surface area (Å²) in [4.78, 5) is 0. The SMILES string of the molecule is [2H]c1c([2H])c([2H])c(-c2ccc(-c3oc4c([2H])c([2H])c(-c5c([2H])c([2H])c([2H])c([2H])c5[2H])c([2H])c4c3-c3c4c([2H])c([2H])c([2H])c([2H])c4c(-c4ccccc4)c4c([2H])c([2H])c([2H])c([2H])c34)cc2)c([2H])c1[2H]. The first-order chi connectivity index (χ1) is 32.1. The van der Waals surface area contributed by atoms with Crippen LogP contribution in [-0.2, 0) is 0 Å². The largest absolute Gasteiger partial charge is 0.455 e. The van der Waals surface area contributed by atoms with Gasteiger partial charge in [-0.2, -0.15) is 0 Å². The molecule has 0 bridgehead atoms. The Morgan fingerprint density at radius 2 is 0.851 bits per heavy atom. The van der Waals surface area contributed by atoms with Crippen molar-refractivity contribution < 1.29 is 33.2 Å². The Labute approximate surface area is 303 Å². The van der Waals surface area contributed by atoms with Gasteiger partial charge in [-0.3, -0.25) is 0 Å². The summed E-state index contributed by atoms with van der Waals surface area (Å²) in [6.45, 7) is 0. The number of rotatable bonds is 5. The van der Waals surface area contributed by atoms with E-state index in [1.165, 1.54) is 24.3 Å². The molecule has 1 aromatic heterocycles. The molecule has 0 unspecified atom stereocenters. The third-order valence-electron chi connectivity index (χ3n) is 7.83. The summed E-state index contributed by atoms with van der Waals surface area (Å²) in [6, 6.07) is -0.812. The highest BCUT2D eigenvalue weighted by Gasteiger charge is 2.24. The maximum Gasteiger partial charge on any atom is 0.143 e. The van der Waals surface area contributed by atoms with E-state index in [1.54, 1.807) is 30.3 Å². The molecule has 8 aromatic carbocycles. The predicted octanol–water partition coefficient (Wildman–Crippen LogP) is 13.1. The molecule has 0 aliphatic rings. The number of furan rings is 1. The fourth-order valence-electron chi connectivity index (χ4n) is 5.81. The molecule has 0 N–H and O–H groups in total. The summed E-state index contributed by atoms with van der Waals surface area (Å²) in [5, 5.41) is -1.42. The van der Waals surface area contributed by atoms with Gasteiger partial charge in [-0.15, -0.1) is 0 Å². The van der Waals surface area contributed by atoms with Gasteiger partial charge in [-0.25, -0.2) is 0 Å². The van der Waals surface area contributed by atoms with Gasteiger partial charge in [0.25, 0.3) is 0 Å². The van der Waals surface area contributed by atoms with E-state index in [9.17, 15) is 9.60 Å². The van der Waals surface area contributed by atoms with Crippen molar-refractivity contribution in [3.63, 3.8) is 0 Å². The van der Waals surface area contributed by atoms with Crippen molar-refractivity contribution in [1.82, 2.24) is 0 Å². The van der Waals surface area contributed by atoms with Crippen LogP contribution in [0.15, 0.2) is 186 Å². The second-order valence-electron chi connectivity index (χ2n) is 10.5. The lowest BCUT2D eigenvalue weighted by molar-refractivity contribution is 0.632.